The molecule has 2 unspecified atom stereocenters. The van der Waals surface area contributed by atoms with Gasteiger partial charge in [0.2, 0.25) is 0 Å². The van der Waals surface area contributed by atoms with Crippen LogP contribution in [0, 0.1) is 5.82 Å². The summed E-state index contributed by atoms with van der Waals surface area (Å²) in [7, 11) is 0. The molecule has 1 fully saturated rings. The molecule has 2 atom stereocenters. The van der Waals surface area contributed by atoms with Gasteiger partial charge >= 0.3 is 0 Å². The second kappa shape index (κ2) is 8.74. The van der Waals surface area contributed by atoms with Crippen molar-refractivity contribution in [1.29, 1.82) is 0 Å². The summed E-state index contributed by atoms with van der Waals surface area (Å²) in [4.78, 5) is 22.7. The number of halogens is 1. The first-order valence-electron chi connectivity index (χ1n) is 10.4. The van der Waals surface area contributed by atoms with Crippen molar-refractivity contribution in [2.75, 3.05) is 6.54 Å². The number of aromatic nitrogens is 2. The van der Waals surface area contributed by atoms with Gasteiger partial charge in [0.1, 0.15) is 11.5 Å². The van der Waals surface area contributed by atoms with Crippen molar-refractivity contribution in [3.05, 3.63) is 65.7 Å². The predicted octanol–water partition coefficient (Wildman–Crippen LogP) is 4.27. The number of hydrogen-bond donors (Lipinski definition) is 2. The summed E-state index contributed by atoms with van der Waals surface area (Å²) < 4.78 is 13.4. The first kappa shape index (κ1) is 19.6. The largest absolute Gasteiger partial charge is 0.349 e. The molecular weight excluding hydrogens is 367 g/mol. The van der Waals surface area contributed by atoms with E-state index in [1.54, 1.807) is 18.3 Å². The van der Waals surface area contributed by atoms with Gasteiger partial charge in [0.15, 0.2) is 0 Å². The molecule has 1 amide bonds. The predicted molar refractivity (Wildman–Crippen MR) is 112 cm³/mol. The molecule has 1 aromatic carbocycles. The van der Waals surface area contributed by atoms with Gasteiger partial charge in [-0.3, -0.25) is 9.78 Å². The highest BCUT2D eigenvalue weighted by molar-refractivity contribution is 5.97. The lowest BCUT2D eigenvalue weighted by molar-refractivity contribution is 0.0623. The lowest BCUT2D eigenvalue weighted by Gasteiger charge is -2.37. The maximum atomic E-state index is 13.4. The number of nitrogens with zero attached hydrogens (tertiary/aromatic N) is 2. The molecular formula is C23H27FN4O. The van der Waals surface area contributed by atoms with Gasteiger partial charge in [0.25, 0.3) is 5.91 Å². The van der Waals surface area contributed by atoms with E-state index in [2.05, 4.69) is 15.3 Å². The van der Waals surface area contributed by atoms with Crippen LogP contribution in [0.1, 0.15) is 48.7 Å². The van der Waals surface area contributed by atoms with Crippen LogP contribution in [0.5, 0.6) is 0 Å². The van der Waals surface area contributed by atoms with Gasteiger partial charge in [-0.1, -0.05) is 12.1 Å². The first-order valence-corrected chi connectivity index (χ1v) is 10.4. The molecule has 5 nitrogen and oxygen atoms in total. The zero-order valence-electron chi connectivity index (χ0n) is 16.7. The number of amides is 1. The highest BCUT2D eigenvalue weighted by Crippen LogP contribution is 2.25. The quantitative estimate of drug-likeness (QED) is 0.657. The van der Waals surface area contributed by atoms with Crippen molar-refractivity contribution in [2.45, 2.75) is 51.2 Å². The molecule has 2 aromatic heterocycles. The molecule has 0 radical (unpaired) electrons. The maximum Gasteiger partial charge on any atom is 0.270 e. The van der Waals surface area contributed by atoms with Gasteiger partial charge in [-0.05, 0) is 68.5 Å². The summed E-state index contributed by atoms with van der Waals surface area (Å²) in [6.45, 7) is 3.34. The van der Waals surface area contributed by atoms with E-state index < -0.39 is 0 Å². The Kier molecular flexibility index (Phi) is 5.90. The molecule has 3 aromatic rings. The molecule has 2 N–H and O–H groups in total. The van der Waals surface area contributed by atoms with E-state index in [4.69, 9.17) is 0 Å². The first-order chi connectivity index (χ1) is 14.1. The third-order valence-corrected chi connectivity index (χ3v) is 5.79. The van der Waals surface area contributed by atoms with Crippen LogP contribution in [0.25, 0.3) is 11.0 Å². The Morgan fingerprint density at radius 2 is 2.17 bits per heavy atom. The van der Waals surface area contributed by atoms with Crippen molar-refractivity contribution >= 4 is 16.9 Å². The van der Waals surface area contributed by atoms with E-state index in [1.165, 1.54) is 6.07 Å². The molecule has 4 rings (SSSR count). The van der Waals surface area contributed by atoms with Crippen molar-refractivity contribution in [1.82, 2.24) is 20.2 Å². The second-order valence-corrected chi connectivity index (χ2v) is 7.74. The zero-order valence-corrected chi connectivity index (χ0v) is 16.7. The maximum absolute atomic E-state index is 13.4. The number of fused-ring (bicyclic) bond motifs is 1. The van der Waals surface area contributed by atoms with E-state index in [0.29, 0.717) is 24.8 Å². The molecule has 0 aliphatic heterocycles. The van der Waals surface area contributed by atoms with E-state index in [9.17, 15) is 9.18 Å². The normalized spacial score (nSPS) is 19.4. The molecule has 152 valence electrons. The Bertz CT molecular complexity index is 953. The van der Waals surface area contributed by atoms with Crippen LogP contribution in [-0.4, -0.2) is 39.4 Å². The van der Waals surface area contributed by atoms with E-state index in [0.717, 1.165) is 42.3 Å². The third-order valence-electron chi connectivity index (χ3n) is 5.79. The van der Waals surface area contributed by atoms with Crippen molar-refractivity contribution < 1.29 is 9.18 Å². The average molecular weight is 394 g/mol. The third kappa shape index (κ3) is 4.48. The Balaban J connectivity index is 1.42. The SMILES string of the molecule is CCN(C(=O)c1cc2ncccc2[nH]1)C1CCCC(NCc2cccc(F)c2)C1. The van der Waals surface area contributed by atoms with Crippen LogP contribution in [0.4, 0.5) is 4.39 Å². The Hall–Kier alpha value is -2.73. The number of nitrogens with one attached hydrogen (secondary N) is 2. The van der Waals surface area contributed by atoms with Gasteiger partial charge in [-0.25, -0.2) is 4.39 Å². The van der Waals surface area contributed by atoms with Crippen molar-refractivity contribution in [3.63, 3.8) is 0 Å². The number of carbonyl (C=O) groups is 1. The number of aromatic amines is 1. The van der Waals surface area contributed by atoms with Crippen molar-refractivity contribution in [3.8, 4) is 0 Å². The Morgan fingerprint density at radius 3 is 2.97 bits per heavy atom. The van der Waals surface area contributed by atoms with Crippen LogP contribution in [-0.2, 0) is 6.54 Å². The van der Waals surface area contributed by atoms with E-state index in [1.807, 2.05) is 36.1 Å². The van der Waals surface area contributed by atoms with Crippen molar-refractivity contribution in [2.24, 2.45) is 0 Å². The summed E-state index contributed by atoms with van der Waals surface area (Å²) in [6.07, 6.45) is 5.80. The summed E-state index contributed by atoms with van der Waals surface area (Å²) >= 11 is 0. The van der Waals surface area contributed by atoms with Crippen LogP contribution >= 0.6 is 0 Å². The fraction of sp³-hybridized carbons (Fsp3) is 0.391. The number of carbonyl (C=O) groups excluding carboxylic acids is 1. The highest BCUT2D eigenvalue weighted by atomic mass is 19.1. The summed E-state index contributed by atoms with van der Waals surface area (Å²) in [5, 5.41) is 3.55. The number of rotatable bonds is 6. The Morgan fingerprint density at radius 1 is 1.28 bits per heavy atom. The molecule has 0 bridgehead atoms. The average Bonchev–Trinajstić information content (AvgIpc) is 3.17. The lowest BCUT2D eigenvalue weighted by atomic mass is 9.89. The minimum Gasteiger partial charge on any atom is -0.349 e. The number of H-pyrrole nitrogens is 1. The summed E-state index contributed by atoms with van der Waals surface area (Å²) in [6, 6.07) is 12.9. The van der Waals surface area contributed by atoms with Gasteiger partial charge in [0, 0.05) is 31.4 Å². The van der Waals surface area contributed by atoms with Gasteiger partial charge in [0.05, 0.1) is 11.0 Å². The van der Waals surface area contributed by atoms with E-state index >= 15 is 0 Å². The molecule has 6 heteroatoms. The summed E-state index contributed by atoms with van der Waals surface area (Å²) in [5.41, 5.74) is 3.23. The number of hydrogen-bond acceptors (Lipinski definition) is 3. The zero-order chi connectivity index (χ0) is 20.2. The van der Waals surface area contributed by atoms with Gasteiger partial charge in [-0.2, -0.15) is 0 Å². The topological polar surface area (TPSA) is 61.0 Å². The molecule has 2 heterocycles. The molecule has 1 aliphatic rings. The molecule has 29 heavy (non-hydrogen) atoms. The second-order valence-electron chi connectivity index (χ2n) is 7.74. The van der Waals surface area contributed by atoms with Crippen LogP contribution in [0.15, 0.2) is 48.7 Å². The molecule has 1 aliphatic carbocycles. The molecule has 1 saturated carbocycles. The van der Waals surface area contributed by atoms with Crippen LogP contribution in [0.2, 0.25) is 0 Å². The minimum atomic E-state index is -0.207. The number of benzene rings is 1. The molecule has 0 spiro atoms. The number of pyridine rings is 1. The monoisotopic (exact) mass is 394 g/mol. The fourth-order valence-electron chi connectivity index (χ4n) is 4.34. The lowest BCUT2D eigenvalue weighted by Crippen LogP contribution is -2.46. The van der Waals surface area contributed by atoms with Crippen LogP contribution in [0.3, 0.4) is 0 Å². The van der Waals surface area contributed by atoms with Crippen LogP contribution < -0.4 is 5.32 Å². The highest BCUT2D eigenvalue weighted by Gasteiger charge is 2.30. The fourth-order valence-corrected chi connectivity index (χ4v) is 4.34. The summed E-state index contributed by atoms with van der Waals surface area (Å²) in [5.74, 6) is -0.178. The smallest absolute Gasteiger partial charge is 0.270 e. The van der Waals surface area contributed by atoms with E-state index in [-0.39, 0.29) is 17.8 Å². The van der Waals surface area contributed by atoms with Gasteiger partial charge < -0.3 is 15.2 Å². The Labute approximate surface area is 170 Å². The standard InChI is InChI=1S/C23H27FN4O/c1-2-28(23(29)22-14-21-20(27-22)10-5-11-25-21)19-9-4-8-18(13-19)26-15-16-6-3-7-17(24)12-16/h3,5-7,10-12,14,18-19,26-27H,2,4,8-9,13,15H2,1H3. The molecule has 0 saturated heterocycles. The van der Waals surface area contributed by atoms with Gasteiger partial charge in [-0.15, -0.1) is 0 Å². The minimum absolute atomic E-state index is 0.0290.